The molecule has 1 atom stereocenters. The lowest BCUT2D eigenvalue weighted by Gasteiger charge is -2.11. The maximum Gasteiger partial charge on any atom is 0.308 e. The van der Waals surface area contributed by atoms with Gasteiger partial charge in [0.25, 0.3) is 10.0 Å². The molecule has 1 aromatic heterocycles. The zero-order valence-corrected chi connectivity index (χ0v) is 10.2. The van der Waals surface area contributed by atoms with Crippen molar-refractivity contribution in [2.75, 3.05) is 13.1 Å². The average molecular weight is 272 g/mol. The zero-order valence-electron chi connectivity index (χ0n) is 9.37. The Morgan fingerprint density at radius 1 is 1.56 bits per heavy atom. The third-order valence-electron chi connectivity index (χ3n) is 2.58. The molecule has 98 valence electrons. The minimum absolute atomic E-state index is 0.253. The fourth-order valence-electron chi connectivity index (χ4n) is 1.76. The molecule has 0 aromatic carbocycles. The highest BCUT2D eigenvalue weighted by atomic mass is 32.2. The van der Waals surface area contributed by atoms with Crippen LogP contribution in [0, 0.1) is 10.1 Å². The van der Waals surface area contributed by atoms with Gasteiger partial charge in [0.05, 0.1) is 4.92 Å². The predicted octanol–water partition coefficient (Wildman–Crippen LogP) is -0.370. The minimum Gasteiger partial charge on any atom is -0.315 e. The summed E-state index contributed by atoms with van der Waals surface area (Å²) in [6.07, 6.45) is 1.87. The Morgan fingerprint density at radius 2 is 2.33 bits per heavy atom. The van der Waals surface area contributed by atoms with Crippen molar-refractivity contribution >= 4 is 15.7 Å². The molecule has 0 saturated carbocycles. The fourth-order valence-corrected chi connectivity index (χ4v) is 3.13. The second kappa shape index (κ2) is 4.96. The number of nitro groups is 1. The van der Waals surface area contributed by atoms with Crippen LogP contribution in [0.5, 0.6) is 0 Å². The van der Waals surface area contributed by atoms with Gasteiger partial charge in [-0.1, -0.05) is 0 Å². The van der Waals surface area contributed by atoms with E-state index in [2.05, 4.69) is 15.0 Å². The number of pyridine rings is 1. The first-order valence-electron chi connectivity index (χ1n) is 5.33. The van der Waals surface area contributed by atoms with Gasteiger partial charge >= 0.3 is 5.69 Å². The molecule has 8 nitrogen and oxygen atoms in total. The van der Waals surface area contributed by atoms with Gasteiger partial charge in [-0.15, -0.1) is 0 Å². The monoisotopic (exact) mass is 272 g/mol. The standard InChI is InChI=1S/C9H12N4O4S/c14-13(15)8-2-1-4-11-9(8)18(16,17)12-7-3-5-10-6-7/h1-2,4,7,10,12H,3,5-6H2/t7-/m1/s1. The number of nitrogens with zero attached hydrogens (tertiary/aromatic N) is 2. The lowest BCUT2D eigenvalue weighted by Crippen LogP contribution is -2.36. The Bertz CT molecular complexity index is 553. The molecular weight excluding hydrogens is 260 g/mol. The lowest BCUT2D eigenvalue weighted by atomic mass is 10.3. The van der Waals surface area contributed by atoms with Gasteiger partial charge in [-0.3, -0.25) is 10.1 Å². The van der Waals surface area contributed by atoms with Crippen LogP contribution in [0.25, 0.3) is 0 Å². The van der Waals surface area contributed by atoms with E-state index in [1.807, 2.05) is 0 Å². The SMILES string of the molecule is O=[N+]([O-])c1cccnc1S(=O)(=O)N[C@@H]1CCNC1. The lowest BCUT2D eigenvalue weighted by molar-refractivity contribution is -0.388. The molecule has 0 spiro atoms. The molecule has 0 bridgehead atoms. The van der Waals surface area contributed by atoms with Gasteiger partial charge in [0.15, 0.2) is 0 Å². The molecule has 0 amide bonds. The molecule has 2 heterocycles. The van der Waals surface area contributed by atoms with Gasteiger partial charge < -0.3 is 5.32 Å². The molecule has 0 aliphatic carbocycles. The summed E-state index contributed by atoms with van der Waals surface area (Å²) < 4.78 is 26.4. The van der Waals surface area contributed by atoms with Crippen molar-refractivity contribution in [3.8, 4) is 0 Å². The quantitative estimate of drug-likeness (QED) is 0.571. The van der Waals surface area contributed by atoms with Crippen LogP contribution in [0.15, 0.2) is 23.4 Å². The highest BCUT2D eigenvalue weighted by Gasteiger charge is 2.30. The highest BCUT2D eigenvalue weighted by molar-refractivity contribution is 7.89. The van der Waals surface area contributed by atoms with Gasteiger partial charge in [-0.05, 0) is 19.0 Å². The molecule has 1 aromatic rings. The van der Waals surface area contributed by atoms with Gasteiger partial charge in [0.1, 0.15) is 0 Å². The maximum absolute atomic E-state index is 12.0. The smallest absolute Gasteiger partial charge is 0.308 e. The van der Waals surface area contributed by atoms with Crippen LogP contribution in [-0.4, -0.2) is 37.5 Å². The highest BCUT2D eigenvalue weighted by Crippen LogP contribution is 2.20. The van der Waals surface area contributed by atoms with Crippen molar-refractivity contribution in [2.24, 2.45) is 0 Å². The van der Waals surface area contributed by atoms with E-state index in [1.165, 1.54) is 12.3 Å². The Balaban J connectivity index is 2.31. The van der Waals surface area contributed by atoms with Gasteiger partial charge in [0, 0.05) is 24.8 Å². The second-order valence-corrected chi connectivity index (χ2v) is 5.53. The van der Waals surface area contributed by atoms with Crippen molar-refractivity contribution < 1.29 is 13.3 Å². The summed E-state index contributed by atoms with van der Waals surface area (Å²) in [5, 5.41) is 13.2. The fraction of sp³-hybridized carbons (Fsp3) is 0.444. The number of nitrogens with one attached hydrogen (secondary N) is 2. The van der Waals surface area contributed by atoms with Crippen LogP contribution < -0.4 is 10.0 Å². The van der Waals surface area contributed by atoms with Gasteiger partial charge in [0.2, 0.25) is 5.03 Å². The molecule has 0 unspecified atom stereocenters. The van der Waals surface area contributed by atoms with Gasteiger partial charge in [-0.25, -0.2) is 18.1 Å². The third-order valence-corrected chi connectivity index (χ3v) is 4.05. The molecule has 0 radical (unpaired) electrons. The largest absolute Gasteiger partial charge is 0.315 e. The number of aromatic nitrogens is 1. The minimum atomic E-state index is -3.96. The first-order valence-corrected chi connectivity index (χ1v) is 6.81. The molecule has 9 heteroatoms. The topological polar surface area (TPSA) is 114 Å². The van der Waals surface area contributed by atoms with Crippen molar-refractivity contribution in [1.82, 2.24) is 15.0 Å². The summed E-state index contributed by atoms with van der Waals surface area (Å²) in [6.45, 7) is 1.23. The predicted molar refractivity (Wildman–Crippen MR) is 62.5 cm³/mol. The van der Waals surface area contributed by atoms with Crippen LogP contribution in [0.2, 0.25) is 0 Å². The Labute approximate surface area is 104 Å². The van der Waals surface area contributed by atoms with Crippen molar-refractivity contribution in [3.05, 3.63) is 28.4 Å². The number of sulfonamides is 1. The molecule has 1 saturated heterocycles. The molecule has 18 heavy (non-hydrogen) atoms. The van der Waals surface area contributed by atoms with E-state index in [0.29, 0.717) is 13.0 Å². The number of hydrogen-bond donors (Lipinski definition) is 2. The first kappa shape index (κ1) is 12.9. The Morgan fingerprint density at radius 3 is 2.94 bits per heavy atom. The van der Waals surface area contributed by atoms with E-state index in [0.717, 1.165) is 12.6 Å². The van der Waals surface area contributed by atoms with Crippen LogP contribution in [0.4, 0.5) is 5.69 Å². The van der Waals surface area contributed by atoms with Gasteiger partial charge in [-0.2, -0.15) is 0 Å². The summed E-state index contributed by atoms with van der Waals surface area (Å²) in [5.74, 6) is 0. The van der Waals surface area contributed by atoms with Crippen molar-refractivity contribution in [3.63, 3.8) is 0 Å². The Kier molecular flexibility index (Phi) is 3.55. The normalized spacial score (nSPS) is 19.9. The molecule has 2 rings (SSSR count). The number of rotatable bonds is 4. The summed E-state index contributed by atoms with van der Waals surface area (Å²) in [6, 6.07) is 2.19. The van der Waals surface area contributed by atoms with Crippen LogP contribution in [0.1, 0.15) is 6.42 Å². The third kappa shape index (κ3) is 2.63. The number of hydrogen-bond acceptors (Lipinski definition) is 6. The Hall–Kier alpha value is -1.58. The van der Waals surface area contributed by atoms with E-state index < -0.39 is 25.7 Å². The molecule has 2 N–H and O–H groups in total. The van der Waals surface area contributed by atoms with E-state index in [-0.39, 0.29) is 6.04 Å². The molecule has 1 aliphatic heterocycles. The first-order chi connectivity index (χ1) is 8.50. The summed E-state index contributed by atoms with van der Waals surface area (Å²) in [5.41, 5.74) is -0.518. The van der Waals surface area contributed by atoms with E-state index in [4.69, 9.17) is 0 Å². The molecule has 1 fully saturated rings. The van der Waals surface area contributed by atoms with Crippen LogP contribution in [0.3, 0.4) is 0 Å². The average Bonchev–Trinajstić information content (AvgIpc) is 2.81. The second-order valence-electron chi connectivity index (χ2n) is 3.90. The molecule has 1 aliphatic rings. The van der Waals surface area contributed by atoms with E-state index in [9.17, 15) is 18.5 Å². The molecular formula is C9H12N4O4S. The van der Waals surface area contributed by atoms with Crippen LogP contribution in [-0.2, 0) is 10.0 Å². The van der Waals surface area contributed by atoms with E-state index in [1.54, 1.807) is 0 Å². The van der Waals surface area contributed by atoms with E-state index >= 15 is 0 Å². The van der Waals surface area contributed by atoms with Crippen molar-refractivity contribution in [2.45, 2.75) is 17.5 Å². The van der Waals surface area contributed by atoms with Crippen LogP contribution >= 0.6 is 0 Å². The zero-order chi connectivity index (χ0) is 13.2. The summed E-state index contributed by atoms with van der Waals surface area (Å²) in [4.78, 5) is 13.6. The summed E-state index contributed by atoms with van der Waals surface area (Å²) in [7, 11) is -3.96. The van der Waals surface area contributed by atoms with Crippen molar-refractivity contribution in [1.29, 1.82) is 0 Å². The maximum atomic E-state index is 12.0. The summed E-state index contributed by atoms with van der Waals surface area (Å²) >= 11 is 0.